The van der Waals surface area contributed by atoms with Crippen molar-refractivity contribution >= 4 is 16.7 Å². The number of hydrogen-bond acceptors (Lipinski definition) is 6. The second-order valence-electron chi connectivity index (χ2n) is 7.06. The van der Waals surface area contributed by atoms with E-state index in [2.05, 4.69) is 32.4 Å². The Balaban J connectivity index is 1.76. The van der Waals surface area contributed by atoms with Crippen LogP contribution in [0, 0.1) is 6.92 Å². The van der Waals surface area contributed by atoms with Crippen LogP contribution < -0.4 is 5.32 Å². The summed E-state index contributed by atoms with van der Waals surface area (Å²) >= 11 is 0. The average molecular weight is 349 g/mol. The first-order chi connectivity index (χ1) is 12.6. The zero-order valence-corrected chi connectivity index (χ0v) is 15.1. The number of benzene rings is 1. The van der Waals surface area contributed by atoms with Gasteiger partial charge in [-0.3, -0.25) is 4.98 Å². The van der Waals surface area contributed by atoms with Gasteiger partial charge in [-0.05, 0) is 63.2 Å². The van der Waals surface area contributed by atoms with Gasteiger partial charge in [-0.1, -0.05) is 6.07 Å². The molecule has 1 aliphatic rings. The molecular formula is C20H23N5O. The number of aromatic hydroxyl groups is 1. The van der Waals surface area contributed by atoms with Crippen molar-refractivity contribution in [3.8, 4) is 17.0 Å². The first kappa shape index (κ1) is 16.7. The summed E-state index contributed by atoms with van der Waals surface area (Å²) in [7, 11) is 2.14. The number of phenols is 1. The molecule has 3 heterocycles. The van der Waals surface area contributed by atoms with Crippen molar-refractivity contribution in [2.24, 2.45) is 0 Å². The third-order valence-electron chi connectivity index (χ3n) is 4.91. The monoisotopic (exact) mass is 349 g/mol. The van der Waals surface area contributed by atoms with Crippen molar-refractivity contribution in [1.29, 1.82) is 0 Å². The van der Waals surface area contributed by atoms with Crippen molar-refractivity contribution in [1.82, 2.24) is 20.1 Å². The number of phenolic OH excluding ortho intramolecular Hbond substituents is 1. The maximum Gasteiger partial charge on any atom is 0.158 e. The molecule has 0 aliphatic carbocycles. The Hall–Kier alpha value is -2.73. The Morgan fingerprint density at radius 3 is 2.92 bits per heavy atom. The van der Waals surface area contributed by atoms with Crippen molar-refractivity contribution in [2.45, 2.75) is 25.8 Å². The highest BCUT2D eigenvalue weighted by Gasteiger charge is 2.20. The zero-order chi connectivity index (χ0) is 18.1. The number of fused-ring (bicyclic) bond motifs is 1. The summed E-state index contributed by atoms with van der Waals surface area (Å²) in [5.74, 6) is 0.949. The molecule has 2 aromatic heterocycles. The molecule has 0 unspecified atom stereocenters. The lowest BCUT2D eigenvalue weighted by molar-refractivity contribution is 0.261. The molecule has 0 amide bonds. The smallest absolute Gasteiger partial charge is 0.158 e. The van der Waals surface area contributed by atoms with Crippen molar-refractivity contribution in [2.75, 3.05) is 25.5 Å². The van der Waals surface area contributed by atoms with Gasteiger partial charge in [0.25, 0.3) is 0 Å². The lowest BCUT2D eigenvalue weighted by Gasteiger charge is -2.30. The standard InChI is InChI=1S/C20H23N5O/c1-13-7-8-15(17(26)11-13)19-18-16(6-3-9-21-18)20(24-23-19)22-14-5-4-10-25(2)12-14/h3,6-9,11,14,26H,4-5,10,12H2,1-2H3,(H,22,24)/t14-/m1/s1. The highest BCUT2D eigenvalue weighted by atomic mass is 16.3. The predicted molar refractivity (Wildman–Crippen MR) is 103 cm³/mol. The third-order valence-corrected chi connectivity index (χ3v) is 4.91. The summed E-state index contributed by atoms with van der Waals surface area (Å²) in [6.45, 7) is 4.07. The van der Waals surface area contributed by atoms with Crippen LogP contribution in [-0.2, 0) is 0 Å². The molecule has 1 aromatic carbocycles. The second-order valence-corrected chi connectivity index (χ2v) is 7.06. The Morgan fingerprint density at radius 2 is 2.12 bits per heavy atom. The minimum absolute atomic E-state index is 0.195. The quantitative estimate of drug-likeness (QED) is 0.756. The van der Waals surface area contributed by atoms with E-state index in [1.165, 1.54) is 6.42 Å². The number of piperidine rings is 1. The number of nitrogens with zero attached hydrogens (tertiary/aromatic N) is 4. The summed E-state index contributed by atoms with van der Waals surface area (Å²) in [4.78, 5) is 6.85. The first-order valence-electron chi connectivity index (χ1n) is 8.98. The first-order valence-corrected chi connectivity index (χ1v) is 8.98. The van der Waals surface area contributed by atoms with Crippen LogP contribution in [0.15, 0.2) is 36.5 Å². The van der Waals surface area contributed by atoms with Gasteiger partial charge in [-0.2, -0.15) is 0 Å². The van der Waals surface area contributed by atoms with E-state index in [4.69, 9.17) is 0 Å². The number of pyridine rings is 1. The number of rotatable bonds is 3. The summed E-state index contributed by atoms with van der Waals surface area (Å²) in [6, 6.07) is 9.81. The minimum Gasteiger partial charge on any atom is -0.507 e. The fraction of sp³-hybridized carbons (Fsp3) is 0.350. The van der Waals surface area contributed by atoms with E-state index in [9.17, 15) is 5.11 Å². The molecule has 3 aromatic rings. The van der Waals surface area contributed by atoms with Gasteiger partial charge in [-0.25, -0.2) is 0 Å². The number of anilines is 1. The number of aryl methyl sites for hydroxylation is 1. The second kappa shape index (κ2) is 6.88. The topological polar surface area (TPSA) is 74.2 Å². The molecule has 26 heavy (non-hydrogen) atoms. The molecule has 1 atom stereocenters. The highest BCUT2D eigenvalue weighted by Crippen LogP contribution is 2.34. The average Bonchev–Trinajstić information content (AvgIpc) is 2.63. The summed E-state index contributed by atoms with van der Waals surface area (Å²) in [6.07, 6.45) is 4.04. The van der Waals surface area contributed by atoms with Gasteiger partial charge in [0.2, 0.25) is 0 Å². The number of likely N-dealkylation sites (tertiary alicyclic amines) is 1. The van der Waals surface area contributed by atoms with Crippen LogP contribution in [-0.4, -0.2) is 51.4 Å². The lowest BCUT2D eigenvalue weighted by atomic mass is 10.0. The van der Waals surface area contributed by atoms with Gasteiger partial charge in [0, 0.05) is 29.7 Å². The van der Waals surface area contributed by atoms with Gasteiger partial charge in [0.15, 0.2) is 5.82 Å². The number of hydrogen-bond donors (Lipinski definition) is 2. The van der Waals surface area contributed by atoms with Crippen molar-refractivity contribution < 1.29 is 5.11 Å². The largest absolute Gasteiger partial charge is 0.507 e. The van der Waals surface area contributed by atoms with Gasteiger partial charge < -0.3 is 15.3 Å². The van der Waals surface area contributed by atoms with E-state index in [1.54, 1.807) is 12.3 Å². The zero-order valence-electron chi connectivity index (χ0n) is 15.1. The van der Waals surface area contributed by atoms with Crippen LogP contribution >= 0.6 is 0 Å². The maximum absolute atomic E-state index is 10.3. The molecule has 0 radical (unpaired) electrons. The van der Waals surface area contributed by atoms with Crippen LogP contribution in [0.25, 0.3) is 22.2 Å². The Morgan fingerprint density at radius 1 is 1.23 bits per heavy atom. The number of aromatic nitrogens is 3. The molecule has 1 aliphatic heterocycles. The van der Waals surface area contributed by atoms with Gasteiger partial charge in [0.05, 0.1) is 0 Å². The lowest BCUT2D eigenvalue weighted by Crippen LogP contribution is -2.40. The van der Waals surface area contributed by atoms with E-state index in [-0.39, 0.29) is 5.75 Å². The predicted octanol–water partition coefficient (Wildman–Crippen LogP) is 3.21. The Bertz CT molecular complexity index is 943. The molecule has 6 nitrogen and oxygen atoms in total. The van der Waals surface area contributed by atoms with Crippen LogP contribution in [0.5, 0.6) is 5.75 Å². The van der Waals surface area contributed by atoms with Crippen LogP contribution in [0.2, 0.25) is 0 Å². The van der Waals surface area contributed by atoms with Crippen LogP contribution in [0.4, 0.5) is 5.82 Å². The maximum atomic E-state index is 10.3. The molecule has 2 N–H and O–H groups in total. The van der Waals surface area contributed by atoms with Gasteiger partial charge >= 0.3 is 0 Å². The third kappa shape index (κ3) is 3.20. The molecule has 0 bridgehead atoms. The molecule has 1 fully saturated rings. The normalized spacial score (nSPS) is 18.2. The summed E-state index contributed by atoms with van der Waals surface area (Å²) in [5.41, 5.74) is 2.99. The van der Waals surface area contributed by atoms with E-state index in [1.807, 2.05) is 31.2 Å². The van der Waals surface area contributed by atoms with E-state index < -0.39 is 0 Å². The highest BCUT2D eigenvalue weighted by molar-refractivity contribution is 5.98. The SMILES string of the molecule is Cc1ccc(-c2nnc(N[C@@H]3CCCN(C)C3)c3cccnc23)c(O)c1. The van der Waals surface area contributed by atoms with E-state index in [0.717, 1.165) is 41.8 Å². The van der Waals surface area contributed by atoms with Crippen molar-refractivity contribution in [3.05, 3.63) is 42.1 Å². The molecule has 6 heteroatoms. The van der Waals surface area contributed by atoms with Gasteiger partial charge in [0.1, 0.15) is 17.0 Å². The Kier molecular flexibility index (Phi) is 4.42. The van der Waals surface area contributed by atoms with E-state index >= 15 is 0 Å². The fourth-order valence-electron chi connectivity index (χ4n) is 3.59. The fourth-order valence-corrected chi connectivity index (χ4v) is 3.59. The molecule has 4 rings (SSSR count). The van der Waals surface area contributed by atoms with Gasteiger partial charge in [-0.15, -0.1) is 10.2 Å². The molecular weight excluding hydrogens is 326 g/mol. The van der Waals surface area contributed by atoms with Crippen LogP contribution in [0.1, 0.15) is 18.4 Å². The minimum atomic E-state index is 0.195. The van der Waals surface area contributed by atoms with Crippen LogP contribution in [0.3, 0.4) is 0 Å². The number of nitrogens with one attached hydrogen (secondary N) is 1. The molecule has 0 spiro atoms. The molecule has 0 saturated carbocycles. The van der Waals surface area contributed by atoms with E-state index in [0.29, 0.717) is 17.3 Å². The van der Waals surface area contributed by atoms with Crippen molar-refractivity contribution in [3.63, 3.8) is 0 Å². The summed E-state index contributed by atoms with van der Waals surface area (Å²) < 4.78 is 0. The molecule has 1 saturated heterocycles. The Labute approximate surface area is 152 Å². The number of likely N-dealkylation sites (N-methyl/N-ethyl adjacent to an activating group) is 1. The summed E-state index contributed by atoms with van der Waals surface area (Å²) in [5, 5.41) is 23.6. The molecule has 134 valence electrons.